The standard InChI is InChI=1S/C9H5BrClN5O4/c10-8-12-9(16(19)20)13-14(8)4-5-1-2-6(11)7(3-5)15(17)18/h1-3H,4H2. The van der Waals surface area contributed by atoms with Gasteiger partial charge >= 0.3 is 5.95 Å². The molecule has 0 aliphatic heterocycles. The van der Waals surface area contributed by atoms with Gasteiger partial charge in [-0.15, -0.1) is 0 Å². The summed E-state index contributed by atoms with van der Waals surface area (Å²) in [5.41, 5.74) is 0.275. The van der Waals surface area contributed by atoms with E-state index < -0.39 is 15.8 Å². The lowest BCUT2D eigenvalue weighted by Crippen LogP contribution is -2.03. The van der Waals surface area contributed by atoms with Gasteiger partial charge in [0, 0.05) is 27.1 Å². The van der Waals surface area contributed by atoms with Crippen LogP contribution in [-0.4, -0.2) is 24.6 Å². The Morgan fingerprint density at radius 3 is 2.55 bits per heavy atom. The quantitative estimate of drug-likeness (QED) is 0.609. The Morgan fingerprint density at radius 1 is 1.30 bits per heavy atom. The van der Waals surface area contributed by atoms with E-state index in [9.17, 15) is 20.2 Å². The van der Waals surface area contributed by atoms with Gasteiger partial charge in [0.05, 0.1) is 11.5 Å². The fourth-order valence-corrected chi connectivity index (χ4v) is 2.01. The second-order valence-electron chi connectivity index (χ2n) is 3.64. The number of nitrogens with zero attached hydrogens (tertiary/aromatic N) is 5. The molecule has 0 bridgehead atoms. The minimum absolute atomic E-state index is 0.0161. The van der Waals surface area contributed by atoms with Gasteiger partial charge in [-0.3, -0.25) is 10.1 Å². The van der Waals surface area contributed by atoms with E-state index in [1.54, 1.807) is 6.07 Å². The molecule has 0 spiro atoms. The average molecular weight is 363 g/mol. The van der Waals surface area contributed by atoms with Crippen LogP contribution in [0.4, 0.5) is 11.6 Å². The highest BCUT2D eigenvalue weighted by Gasteiger charge is 2.20. The van der Waals surface area contributed by atoms with Gasteiger partial charge in [-0.1, -0.05) is 17.7 Å². The van der Waals surface area contributed by atoms with E-state index in [1.165, 1.54) is 16.8 Å². The Labute approximate surface area is 124 Å². The molecule has 1 aromatic carbocycles. The number of nitro benzene ring substituents is 1. The van der Waals surface area contributed by atoms with Crippen LogP contribution >= 0.6 is 27.5 Å². The molecule has 0 aliphatic rings. The highest BCUT2D eigenvalue weighted by molar-refractivity contribution is 9.10. The fraction of sp³-hybridized carbons (Fsp3) is 0.111. The average Bonchev–Trinajstić information content (AvgIpc) is 2.73. The molecule has 0 radical (unpaired) electrons. The summed E-state index contributed by atoms with van der Waals surface area (Å²) in [6.07, 6.45) is 0. The first-order chi connectivity index (χ1) is 9.38. The van der Waals surface area contributed by atoms with Crippen molar-refractivity contribution >= 4 is 39.2 Å². The van der Waals surface area contributed by atoms with Crippen molar-refractivity contribution in [3.8, 4) is 0 Å². The molecule has 9 nitrogen and oxygen atoms in total. The van der Waals surface area contributed by atoms with Crippen LogP contribution in [0, 0.1) is 20.2 Å². The first kappa shape index (κ1) is 14.3. The molecule has 0 amide bonds. The molecule has 2 rings (SSSR count). The van der Waals surface area contributed by atoms with E-state index in [2.05, 4.69) is 26.0 Å². The third-order valence-corrected chi connectivity index (χ3v) is 3.22. The highest BCUT2D eigenvalue weighted by atomic mass is 79.9. The third kappa shape index (κ3) is 2.91. The maximum Gasteiger partial charge on any atom is 0.492 e. The Kier molecular flexibility index (Phi) is 3.95. The van der Waals surface area contributed by atoms with Crippen molar-refractivity contribution in [1.29, 1.82) is 0 Å². The van der Waals surface area contributed by atoms with E-state index in [4.69, 9.17) is 11.6 Å². The number of nitro groups is 2. The number of halogens is 2. The molecule has 0 N–H and O–H groups in total. The normalized spacial score (nSPS) is 10.5. The van der Waals surface area contributed by atoms with Crippen molar-refractivity contribution in [2.75, 3.05) is 0 Å². The molecule has 0 saturated heterocycles. The maximum atomic E-state index is 10.8. The largest absolute Gasteiger partial charge is 0.492 e. The van der Waals surface area contributed by atoms with Crippen LogP contribution in [0.15, 0.2) is 22.9 Å². The van der Waals surface area contributed by atoms with Gasteiger partial charge in [0.25, 0.3) is 10.4 Å². The number of benzene rings is 1. The molecule has 2 aromatic rings. The zero-order chi connectivity index (χ0) is 14.9. The lowest BCUT2D eigenvalue weighted by molar-refractivity contribution is -0.394. The maximum absolute atomic E-state index is 10.8. The first-order valence-electron chi connectivity index (χ1n) is 5.06. The van der Waals surface area contributed by atoms with E-state index in [0.29, 0.717) is 5.56 Å². The minimum Gasteiger partial charge on any atom is -0.390 e. The number of aromatic nitrogens is 3. The summed E-state index contributed by atoms with van der Waals surface area (Å²) in [5.74, 6) is -0.555. The van der Waals surface area contributed by atoms with Gasteiger partial charge in [-0.05, 0) is 21.5 Å². The number of rotatable bonds is 4. The summed E-state index contributed by atoms with van der Waals surface area (Å²) in [5, 5.41) is 25.0. The molecule has 20 heavy (non-hydrogen) atoms. The molecule has 0 unspecified atom stereocenters. The van der Waals surface area contributed by atoms with Crippen LogP contribution in [0.5, 0.6) is 0 Å². The molecular formula is C9H5BrClN5O4. The lowest BCUT2D eigenvalue weighted by atomic mass is 10.2. The van der Waals surface area contributed by atoms with E-state index in [-0.39, 0.29) is 22.0 Å². The predicted octanol–water partition coefficient (Wildman–Crippen LogP) is 2.56. The Bertz CT molecular complexity index is 704. The molecule has 0 saturated carbocycles. The van der Waals surface area contributed by atoms with Crippen LogP contribution in [0.1, 0.15) is 5.56 Å². The van der Waals surface area contributed by atoms with Crippen molar-refractivity contribution < 1.29 is 9.85 Å². The van der Waals surface area contributed by atoms with Crippen molar-refractivity contribution in [2.24, 2.45) is 0 Å². The van der Waals surface area contributed by atoms with Gasteiger partial charge in [0.15, 0.2) is 0 Å². The van der Waals surface area contributed by atoms with Crippen LogP contribution in [-0.2, 0) is 6.54 Å². The highest BCUT2D eigenvalue weighted by Crippen LogP contribution is 2.26. The smallest absolute Gasteiger partial charge is 0.390 e. The molecular weight excluding hydrogens is 357 g/mol. The zero-order valence-corrected chi connectivity index (χ0v) is 11.9. The molecule has 0 fully saturated rings. The molecule has 0 aliphatic carbocycles. The predicted molar refractivity (Wildman–Crippen MR) is 71.6 cm³/mol. The van der Waals surface area contributed by atoms with Gasteiger partial charge in [0.2, 0.25) is 0 Å². The van der Waals surface area contributed by atoms with Crippen molar-refractivity contribution in [1.82, 2.24) is 14.8 Å². The monoisotopic (exact) mass is 361 g/mol. The summed E-state index contributed by atoms with van der Waals surface area (Å²) < 4.78 is 1.37. The van der Waals surface area contributed by atoms with Crippen LogP contribution < -0.4 is 0 Å². The first-order valence-corrected chi connectivity index (χ1v) is 6.23. The number of hydrogen-bond acceptors (Lipinski definition) is 6. The van der Waals surface area contributed by atoms with Crippen LogP contribution in [0.3, 0.4) is 0 Å². The van der Waals surface area contributed by atoms with E-state index in [1.807, 2.05) is 0 Å². The summed E-state index contributed by atoms with van der Waals surface area (Å²) in [4.78, 5) is 23.6. The van der Waals surface area contributed by atoms with Crippen molar-refractivity contribution in [2.45, 2.75) is 6.54 Å². The van der Waals surface area contributed by atoms with Gasteiger partial charge in [0.1, 0.15) is 5.02 Å². The fourth-order valence-electron chi connectivity index (χ4n) is 1.46. The number of hydrogen-bond donors (Lipinski definition) is 0. The van der Waals surface area contributed by atoms with Gasteiger partial charge < -0.3 is 10.1 Å². The summed E-state index contributed by atoms with van der Waals surface area (Å²) >= 11 is 8.73. The SMILES string of the molecule is O=[N+]([O-])c1nc(Br)n(Cc2ccc(Cl)c([N+](=O)[O-])c2)n1. The minimum atomic E-state index is -0.731. The van der Waals surface area contributed by atoms with Gasteiger partial charge in [-0.2, -0.15) is 4.68 Å². The molecule has 0 atom stereocenters. The molecule has 1 aromatic heterocycles. The molecule has 11 heteroatoms. The zero-order valence-electron chi connectivity index (χ0n) is 9.56. The van der Waals surface area contributed by atoms with Gasteiger partial charge in [-0.25, -0.2) is 0 Å². The summed E-state index contributed by atoms with van der Waals surface area (Å²) in [6.45, 7) is 0.0828. The molecule has 104 valence electrons. The lowest BCUT2D eigenvalue weighted by Gasteiger charge is -2.01. The van der Waals surface area contributed by atoms with E-state index in [0.717, 1.165) is 0 Å². The second kappa shape index (κ2) is 5.51. The third-order valence-electron chi connectivity index (χ3n) is 2.32. The van der Waals surface area contributed by atoms with Crippen LogP contribution in [0.2, 0.25) is 5.02 Å². The van der Waals surface area contributed by atoms with Crippen molar-refractivity contribution in [3.63, 3.8) is 0 Å². The summed E-state index contributed by atoms with van der Waals surface area (Å²) in [6, 6.07) is 4.23. The molecule has 1 heterocycles. The van der Waals surface area contributed by atoms with E-state index >= 15 is 0 Å². The van der Waals surface area contributed by atoms with Crippen molar-refractivity contribution in [3.05, 3.63) is 53.7 Å². The second-order valence-corrected chi connectivity index (χ2v) is 4.75. The summed E-state index contributed by atoms with van der Waals surface area (Å²) in [7, 11) is 0. The Hall–Kier alpha value is -2.07. The van der Waals surface area contributed by atoms with Crippen LogP contribution in [0.25, 0.3) is 0 Å². The Balaban J connectivity index is 2.33. The Morgan fingerprint density at radius 2 is 2.00 bits per heavy atom. The topological polar surface area (TPSA) is 117 Å².